The minimum absolute atomic E-state index is 0.0470. The topological polar surface area (TPSA) is 44.8 Å². The highest BCUT2D eigenvalue weighted by atomic mass is 16.5. The van der Waals surface area contributed by atoms with E-state index in [4.69, 9.17) is 14.2 Å². The first-order chi connectivity index (χ1) is 10.3. The Morgan fingerprint density at radius 3 is 2.38 bits per heavy atom. The Labute approximate surface area is 123 Å². The van der Waals surface area contributed by atoms with Gasteiger partial charge in [-0.1, -0.05) is 24.3 Å². The predicted octanol–water partition coefficient (Wildman–Crippen LogP) is 3.06. The van der Waals surface area contributed by atoms with Gasteiger partial charge in [0.05, 0.1) is 20.1 Å². The molecule has 2 aromatic carbocycles. The molecule has 3 rings (SSSR count). The maximum absolute atomic E-state index is 12.9. The molecule has 1 heterocycles. The summed E-state index contributed by atoms with van der Waals surface area (Å²) < 4.78 is 16.2. The third-order valence-electron chi connectivity index (χ3n) is 3.69. The summed E-state index contributed by atoms with van der Waals surface area (Å²) >= 11 is 0. The van der Waals surface area contributed by atoms with Gasteiger partial charge in [0.2, 0.25) is 0 Å². The lowest BCUT2D eigenvalue weighted by atomic mass is 9.91. The van der Waals surface area contributed by atoms with Gasteiger partial charge in [0.25, 0.3) is 0 Å². The van der Waals surface area contributed by atoms with Crippen LogP contribution in [0.15, 0.2) is 42.5 Å². The average molecular weight is 284 g/mol. The molecule has 0 aliphatic carbocycles. The molecule has 1 unspecified atom stereocenters. The standard InChI is InChI=1S/C17H16O4/c1-19-14-8-5-9-15(20-2)16(14)17(18)12-10-21-13-7-4-3-6-11(12)13/h3-9,12H,10H2,1-2H3. The van der Waals surface area contributed by atoms with Crippen LogP contribution in [-0.2, 0) is 0 Å². The molecule has 0 saturated heterocycles. The molecule has 1 atom stereocenters. The number of hydrogen-bond acceptors (Lipinski definition) is 4. The van der Waals surface area contributed by atoms with Crippen molar-refractivity contribution < 1.29 is 19.0 Å². The first-order valence-electron chi connectivity index (χ1n) is 6.73. The largest absolute Gasteiger partial charge is 0.496 e. The van der Waals surface area contributed by atoms with Crippen LogP contribution in [0.4, 0.5) is 0 Å². The van der Waals surface area contributed by atoms with Gasteiger partial charge in [-0.3, -0.25) is 4.79 Å². The molecule has 0 N–H and O–H groups in total. The molecule has 108 valence electrons. The fraction of sp³-hybridized carbons (Fsp3) is 0.235. The first kappa shape index (κ1) is 13.5. The zero-order valence-electron chi connectivity index (χ0n) is 12.0. The quantitative estimate of drug-likeness (QED) is 0.809. The van der Waals surface area contributed by atoms with Gasteiger partial charge in [-0.25, -0.2) is 0 Å². The van der Waals surface area contributed by atoms with E-state index in [2.05, 4.69) is 0 Å². The van der Waals surface area contributed by atoms with Gasteiger partial charge in [0.15, 0.2) is 5.78 Å². The molecule has 0 spiro atoms. The van der Waals surface area contributed by atoms with E-state index in [1.165, 1.54) is 0 Å². The molecule has 0 fully saturated rings. The van der Waals surface area contributed by atoms with Gasteiger partial charge >= 0.3 is 0 Å². The van der Waals surface area contributed by atoms with Crippen molar-refractivity contribution >= 4 is 5.78 Å². The number of rotatable bonds is 4. The zero-order valence-corrected chi connectivity index (χ0v) is 12.0. The summed E-state index contributed by atoms with van der Waals surface area (Å²) in [7, 11) is 3.09. The predicted molar refractivity (Wildman–Crippen MR) is 78.6 cm³/mol. The first-order valence-corrected chi connectivity index (χ1v) is 6.73. The minimum atomic E-state index is -0.327. The molecule has 4 heteroatoms. The third-order valence-corrected chi connectivity index (χ3v) is 3.69. The number of Topliss-reactive ketones (excluding diaryl/α,β-unsaturated/α-hetero) is 1. The Balaban J connectivity index is 2.04. The van der Waals surface area contributed by atoms with Gasteiger partial charge in [0.1, 0.15) is 29.4 Å². The van der Waals surface area contributed by atoms with Gasteiger partial charge in [-0.2, -0.15) is 0 Å². The van der Waals surface area contributed by atoms with E-state index >= 15 is 0 Å². The summed E-state index contributed by atoms with van der Waals surface area (Å²) in [6.07, 6.45) is 0. The molecule has 21 heavy (non-hydrogen) atoms. The van der Waals surface area contributed by atoms with Crippen LogP contribution < -0.4 is 14.2 Å². The van der Waals surface area contributed by atoms with Crippen LogP contribution in [0.25, 0.3) is 0 Å². The second-order valence-electron chi connectivity index (χ2n) is 4.80. The van der Waals surface area contributed by atoms with Crippen LogP contribution in [0.1, 0.15) is 21.8 Å². The van der Waals surface area contributed by atoms with Gasteiger partial charge in [0, 0.05) is 5.56 Å². The summed E-state index contributed by atoms with van der Waals surface area (Å²) in [5.74, 6) is 1.43. The van der Waals surface area contributed by atoms with E-state index in [0.717, 1.165) is 11.3 Å². The van der Waals surface area contributed by atoms with Crippen molar-refractivity contribution in [2.75, 3.05) is 20.8 Å². The lowest BCUT2D eigenvalue weighted by Gasteiger charge is -2.15. The number of hydrogen-bond donors (Lipinski definition) is 0. The number of methoxy groups -OCH3 is 2. The SMILES string of the molecule is COc1cccc(OC)c1C(=O)C1COc2ccccc21. The van der Waals surface area contributed by atoms with Crippen molar-refractivity contribution in [3.8, 4) is 17.2 Å². The summed E-state index contributed by atoms with van der Waals surface area (Å²) in [4.78, 5) is 12.9. The molecular weight excluding hydrogens is 268 g/mol. The highest BCUT2D eigenvalue weighted by Gasteiger charge is 2.33. The van der Waals surface area contributed by atoms with Crippen LogP contribution in [0.5, 0.6) is 17.2 Å². The molecule has 0 radical (unpaired) electrons. The minimum Gasteiger partial charge on any atom is -0.496 e. The molecular formula is C17H16O4. The number of para-hydroxylation sites is 1. The van der Waals surface area contributed by atoms with Gasteiger partial charge in [-0.05, 0) is 18.2 Å². The van der Waals surface area contributed by atoms with E-state index in [1.807, 2.05) is 24.3 Å². The normalized spacial score (nSPS) is 16.0. The Kier molecular flexibility index (Phi) is 3.52. The van der Waals surface area contributed by atoms with Crippen LogP contribution >= 0.6 is 0 Å². The molecule has 4 nitrogen and oxygen atoms in total. The van der Waals surface area contributed by atoms with E-state index in [-0.39, 0.29) is 11.7 Å². The van der Waals surface area contributed by atoms with E-state index in [9.17, 15) is 4.79 Å². The number of carbonyl (C=O) groups is 1. The third kappa shape index (κ3) is 2.23. The number of ketones is 1. The maximum Gasteiger partial charge on any atom is 0.181 e. The highest BCUT2D eigenvalue weighted by molar-refractivity contribution is 6.06. The van der Waals surface area contributed by atoms with Crippen molar-refractivity contribution in [1.29, 1.82) is 0 Å². The fourth-order valence-electron chi connectivity index (χ4n) is 2.65. The molecule has 0 saturated carbocycles. The molecule has 0 aromatic heterocycles. The van der Waals surface area contributed by atoms with E-state index in [1.54, 1.807) is 32.4 Å². The Morgan fingerprint density at radius 1 is 1.05 bits per heavy atom. The fourth-order valence-corrected chi connectivity index (χ4v) is 2.65. The highest BCUT2D eigenvalue weighted by Crippen LogP contribution is 2.39. The lowest BCUT2D eigenvalue weighted by Crippen LogP contribution is -2.16. The second kappa shape index (κ2) is 5.48. The molecule has 1 aliphatic heterocycles. The summed E-state index contributed by atoms with van der Waals surface area (Å²) in [5.41, 5.74) is 1.38. The second-order valence-corrected chi connectivity index (χ2v) is 4.80. The number of fused-ring (bicyclic) bond motifs is 1. The van der Waals surface area contributed by atoms with Crippen LogP contribution in [0, 0.1) is 0 Å². The Bertz CT molecular complexity index is 656. The van der Waals surface area contributed by atoms with Gasteiger partial charge in [-0.15, -0.1) is 0 Å². The Morgan fingerprint density at radius 2 is 1.71 bits per heavy atom. The van der Waals surface area contributed by atoms with Gasteiger partial charge < -0.3 is 14.2 Å². The molecule has 2 aromatic rings. The smallest absolute Gasteiger partial charge is 0.181 e. The number of ether oxygens (including phenoxy) is 3. The maximum atomic E-state index is 12.9. The van der Waals surface area contributed by atoms with Crippen molar-refractivity contribution in [3.63, 3.8) is 0 Å². The average Bonchev–Trinajstić information content (AvgIpc) is 2.97. The molecule has 0 bridgehead atoms. The number of benzene rings is 2. The number of carbonyl (C=O) groups excluding carboxylic acids is 1. The molecule has 0 amide bonds. The molecule has 1 aliphatic rings. The van der Waals surface area contributed by atoms with Crippen molar-refractivity contribution in [2.24, 2.45) is 0 Å². The van der Waals surface area contributed by atoms with Crippen LogP contribution in [0.3, 0.4) is 0 Å². The van der Waals surface area contributed by atoms with E-state index in [0.29, 0.717) is 23.7 Å². The van der Waals surface area contributed by atoms with Crippen molar-refractivity contribution in [2.45, 2.75) is 5.92 Å². The summed E-state index contributed by atoms with van der Waals surface area (Å²) in [6.45, 7) is 0.347. The summed E-state index contributed by atoms with van der Waals surface area (Å²) in [5, 5.41) is 0. The lowest BCUT2D eigenvalue weighted by molar-refractivity contribution is 0.0941. The summed E-state index contributed by atoms with van der Waals surface area (Å²) in [6, 6.07) is 12.9. The van der Waals surface area contributed by atoms with E-state index < -0.39 is 0 Å². The van der Waals surface area contributed by atoms with Crippen LogP contribution in [-0.4, -0.2) is 26.6 Å². The van der Waals surface area contributed by atoms with Crippen molar-refractivity contribution in [1.82, 2.24) is 0 Å². The zero-order chi connectivity index (χ0) is 14.8. The Hall–Kier alpha value is -2.49. The van der Waals surface area contributed by atoms with Crippen molar-refractivity contribution in [3.05, 3.63) is 53.6 Å². The van der Waals surface area contributed by atoms with Crippen LogP contribution in [0.2, 0.25) is 0 Å². The monoisotopic (exact) mass is 284 g/mol.